The maximum atomic E-state index is 12.9. The van der Waals surface area contributed by atoms with Gasteiger partial charge in [0.1, 0.15) is 30.7 Å². The first kappa shape index (κ1) is 64.5. The third-order valence-electron chi connectivity index (χ3n) is 10.5. The third kappa shape index (κ3) is 31.7. The summed E-state index contributed by atoms with van der Waals surface area (Å²) in [6, 6.07) is 1.23. The number of nitrogen functional groups attached to an aromatic ring is 1. The summed E-state index contributed by atoms with van der Waals surface area (Å²) in [5.41, 5.74) is 4.57. The van der Waals surface area contributed by atoms with Crippen molar-refractivity contribution in [3.8, 4) is 0 Å². The maximum absolute atomic E-state index is 12.9. The minimum absolute atomic E-state index is 0.0260. The van der Waals surface area contributed by atoms with E-state index in [9.17, 15) is 48.6 Å². The van der Waals surface area contributed by atoms with Gasteiger partial charge >= 0.3 is 33.3 Å². The summed E-state index contributed by atoms with van der Waals surface area (Å²) < 4.78 is 56.6. The topological polar surface area (TPSA) is 286 Å². The van der Waals surface area contributed by atoms with Gasteiger partial charge in [-0.25, -0.2) is 13.9 Å². The number of anilines is 1. The molecule has 1 aliphatic rings. The minimum Gasteiger partial charge on any atom is -0.462 e. The van der Waals surface area contributed by atoms with E-state index < -0.39 is 89.8 Å². The van der Waals surface area contributed by atoms with Crippen molar-refractivity contribution >= 4 is 33.4 Å². The molecule has 0 spiro atoms. The van der Waals surface area contributed by atoms with E-state index in [-0.39, 0.29) is 31.5 Å². The van der Waals surface area contributed by atoms with Crippen molar-refractivity contribution in [2.45, 2.75) is 160 Å². The van der Waals surface area contributed by atoms with Gasteiger partial charge in [0.15, 0.2) is 12.3 Å². The number of nitrogens with zero attached hydrogens (tertiary/aromatic N) is 2. The number of ether oxygens (including phenoxy) is 3. The van der Waals surface area contributed by atoms with Gasteiger partial charge in [0, 0.05) is 19.0 Å². The highest BCUT2D eigenvalue weighted by Crippen LogP contribution is 2.60. The molecule has 1 aliphatic heterocycles. The number of allylic oxidation sites excluding steroid dienone is 17. The standard InChI is InChI=1S/C52H79N3O16P2/c1-3-5-7-9-11-13-15-17-18-19-20-22-24-26-28-30-32-36-48(58)69-44(40-66-47(57)37-33-35-43(56)34-31-29-27-25-23-21-16-14-12-10-8-6-4-2)41-67-72(62,63)71-73(64,65)68-42-45-49(59)50(60)51(70-45)55-39-38-46(53)54-52(55)61/h5-8,11-14,17-18,20-23,27,29,31,34,38-39,43-45,49-51,56,59-60H,3-4,9-10,15-16,19,24-26,28,30,32-33,35-37,40-42H2,1-2H3,(H,62,63)(H,64,65)(H2,53,54,61)/b7-5-,8-6-,13-11-,14-12-,18-17-,22-20-,23-21-,29-27-,34-31+/t43?,44-,45-,49-,50-,51-/m1/s1. The molecule has 0 aliphatic carbocycles. The van der Waals surface area contributed by atoms with Crippen LogP contribution in [0.15, 0.2) is 126 Å². The van der Waals surface area contributed by atoms with Crippen molar-refractivity contribution in [3.05, 3.63) is 132 Å². The average molecular weight is 1060 g/mol. The van der Waals surface area contributed by atoms with Gasteiger partial charge in [-0.3, -0.25) is 23.2 Å². The van der Waals surface area contributed by atoms with Gasteiger partial charge in [-0.2, -0.15) is 9.29 Å². The molecular formula is C52H79N3O16P2. The third-order valence-corrected chi connectivity index (χ3v) is 13.1. The Morgan fingerprint density at radius 1 is 0.726 bits per heavy atom. The van der Waals surface area contributed by atoms with Crippen LogP contribution in [-0.2, 0) is 46.3 Å². The van der Waals surface area contributed by atoms with Crippen molar-refractivity contribution in [2.75, 3.05) is 25.6 Å². The first-order valence-electron chi connectivity index (χ1n) is 25.0. The van der Waals surface area contributed by atoms with E-state index in [0.717, 1.165) is 81.4 Å². The number of hydrogen-bond acceptors (Lipinski definition) is 16. The number of phosphoric acid groups is 2. The molecule has 0 radical (unpaired) electrons. The van der Waals surface area contributed by atoms with Gasteiger partial charge in [-0.1, -0.05) is 136 Å². The molecule has 21 heteroatoms. The maximum Gasteiger partial charge on any atom is 0.481 e. The molecule has 0 saturated carbocycles. The number of unbranched alkanes of at least 4 members (excludes halogenated alkanes) is 4. The number of aliphatic hydroxyl groups is 3. The normalized spacial score (nSPS) is 20.3. The number of hydrogen-bond donors (Lipinski definition) is 6. The summed E-state index contributed by atoms with van der Waals surface area (Å²) in [5, 5.41) is 31.3. The van der Waals surface area contributed by atoms with Crippen molar-refractivity contribution in [1.29, 1.82) is 0 Å². The lowest BCUT2D eigenvalue weighted by atomic mass is 10.1. The van der Waals surface area contributed by atoms with Crippen LogP contribution in [0.2, 0.25) is 0 Å². The lowest BCUT2D eigenvalue weighted by Crippen LogP contribution is -2.36. The van der Waals surface area contributed by atoms with E-state index >= 15 is 0 Å². The van der Waals surface area contributed by atoms with Crippen molar-refractivity contribution < 1.29 is 71.4 Å². The van der Waals surface area contributed by atoms with E-state index in [4.69, 9.17) is 29.0 Å². The summed E-state index contributed by atoms with van der Waals surface area (Å²) in [5.74, 6) is -1.55. The molecule has 1 aromatic rings. The number of carbonyl (C=O) groups is 2. The number of carbonyl (C=O) groups excluding carboxylic acids is 2. The summed E-state index contributed by atoms with van der Waals surface area (Å²) in [4.78, 5) is 61.9. The minimum atomic E-state index is -5.48. The van der Waals surface area contributed by atoms with E-state index in [1.807, 2.05) is 18.2 Å². The van der Waals surface area contributed by atoms with Gasteiger partial charge < -0.3 is 45.1 Å². The average Bonchev–Trinajstić information content (AvgIpc) is 3.62. The quantitative estimate of drug-likeness (QED) is 0.0118. The fourth-order valence-corrected chi connectivity index (χ4v) is 8.74. The monoisotopic (exact) mass is 1060 g/mol. The molecule has 19 nitrogen and oxygen atoms in total. The molecule has 7 N–H and O–H groups in total. The highest BCUT2D eigenvalue weighted by Gasteiger charge is 2.46. The van der Waals surface area contributed by atoms with Gasteiger partial charge in [0.05, 0.1) is 19.3 Å². The molecule has 0 aromatic carbocycles. The van der Waals surface area contributed by atoms with E-state index in [1.165, 1.54) is 6.07 Å². The van der Waals surface area contributed by atoms with Gasteiger partial charge in [0.2, 0.25) is 0 Å². The lowest BCUT2D eigenvalue weighted by Gasteiger charge is -2.21. The number of phosphoric ester groups is 2. The van der Waals surface area contributed by atoms with E-state index in [0.29, 0.717) is 12.8 Å². The Morgan fingerprint density at radius 3 is 1.88 bits per heavy atom. The van der Waals surface area contributed by atoms with Crippen LogP contribution in [0.3, 0.4) is 0 Å². The summed E-state index contributed by atoms with van der Waals surface area (Å²) in [6.07, 6.45) is 40.5. The first-order valence-corrected chi connectivity index (χ1v) is 28.0. The Kier molecular flexibility index (Phi) is 34.4. The Labute approximate surface area is 430 Å². The molecule has 0 bridgehead atoms. The molecule has 0 amide bonds. The highest BCUT2D eigenvalue weighted by atomic mass is 31.3. The molecule has 408 valence electrons. The zero-order valence-corrected chi connectivity index (χ0v) is 44.0. The number of rotatable bonds is 39. The van der Waals surface area contributed by atoms with Crippen LogP contribution in [-0.4, -0.2) is 96.9 Å². The summed E-state index contributed by atoms with van der Waals surface area (Å²) in [6.45, 7) is 1.69. The van der Waals surface area contributed by atoms with E-state index in [1.54, 1.807) is 12.2 Å². The Morgan fingerprint density at radius 2 is 1.27 bits per heavy atom. The zero-order valence-electron chi connectivity index (χ0n) is 42.2. The number of aliphatic hydroxyl groups excluding tert-OH is 3. The van der Waals surface area contributed by atoms with Crippen LogP contribution in [0.5, 0.6) is 0 Å². The van der Waals surface area contributed by atoms with Crippen LogP contribution in [0.4, 0.5) is 5.82 Å². The molecule has 2 rings (SSSR count). The SMILES string of the molecule is CC/C=C\C/C=C\C/C=C\C/C=C\C=C\C(O)CCCC(=O)OC[C@H](COP(=O)(O)OP(=O)(O)OC[C@H]1O[C@@H](n2ccc(N)nc2=O)[C@H](O)[C@@H]1O)OC(=O)CCCCCC/C=C\C/C=C\C/C=C\C/C=C\CC. The smallest absolute Gasteiger partial charge is 0.462 e. The van der Waals surface area contributed by atoms with Crippen molar-refractivity contribution in [2.24, 2.45) is 0 Å². The number of esters is 2. The molecule has 2 heterocycles. The molecular weight excluding hydrogens is 985 g/mol. The predicted octanol–water partition coefficient (Wildman–Crippen LogP) is 9.19. The van der Waals surface area contributed by atoms with Gasteiger partial charge in [-0.05, 0) is 89.5 Å². The van der Waals surface area contributed by atoms with Crippen LogP contribution in [0.25, 0.3) is 0 Å². The van der Waals surface area contributed by atoms with Crippen LogP contribution in [0, 0.1) is 0 Å². The Hall–Kier alpha value is -4.62. The number of aromatic nitrogens is 2. The number of nitrogens with two attached hydrogens (primary N) is 1. The fourth-order valence-electron chi connectivity index (χ4n) is 6.63. The first-order chi connectivity index (χ1) is 35.1. The zero-order chi connectivity index (χ0) is 53.6. The van der Waals surface area contributed by atoms with Crippen molar-refractivity contribution in [1.82, 2.24) is 9.55 Å². The van der Waals surface area contributed by atoms with Gasteiger partial charge in [-0.15, -0.1) is 0 Å². The molecule has 1 aromatic heterocycles. The van der Waals surface area contributed by atoms with Crippen LogP contribution < -0.4 is 11.4 Å². The summed E-state index contributed by atoms with van der Waals surface area (Å²) >= 11 is 0. The predicted molar refractivity (Wildman–Crippen MR) is 280 cm³/mol. The largest absolute Gasteiger partial charge is 0.481 e. The second-order valence-corrected chi connectivity index (χ2v) is 19.8. The van der Waals surface area contributed by atoms with Crippen molar-refractivity contribution in [3.63, 3.8) is 0 Å². The van der Waals surface area contributed by atoms with E-state index in [2.05, 4.69) is 102 Å². The second kappa shape index (κ2) is 38.9. The molecule has 1 fully saturated rings. The van der Waals surface area contributed by atoms with Crippen LogP contribution in [0.1, 0.15) is 129 Å². The molecule has 3 unspecified atom stereocenters. The van der Waals surface area contributed by atoms with Gasteiger partial charge in [0.25, 0.3) is 0 Å². The second-order valence-electron chi connectivity index (χ2n) is 16.7. The Bertz CT molecular complexity index is 2170. The molecule has 1 saturated heterocycles. The highest BCUT2D eigenvalue weighted by molar-refractivity contribution is 7.61. The van der Waals surface area contributed by atoms with Crippen LogP contribution >= 0.6 is 15.6 Å². The molecule has 8 atom stereocenters. The summed E-state index contributed by atoms with van der Waals surface area (Å²) in [7, 11) is -10.9. The fraction of sp³-hybridized carbons (Fsp3) is 0.538. The Balaban J connectivity index is 1.88. The lowest BCUT2D eigenvalue weighted by molar-refractivity contribution is -0.161. The molecule has 73 heavy (non-hydrogen) atoms.